The van der Waals surface area contributed by atoms with Crippen molar-refractivity contribution < 1.29 is 54.7 Å². The van der Waals surface area contributed by atoms with Gasteiger partial charge in [0.15, 0.2) is 12.6 Å². The third-order valence-electron chi connectivity index (χ3n) is 4.12. The van der Waals surface area contributed by atoms with Gasteiger partial charge in [-0.15, -0.1) is 0 Å². The quantitative estimate of drug-likeness (QED) is 0.233. The van der Waals surface area contributed by atoms with Crippen molar-refractivity contribution in [1.29, 1.82) is 0 Å². The van der Waals surface area contributed by atoms with Crippen molar-refractivity contribution in [2.75, 3.05) is 20.3 Å². The van der Waals surface area contributed by atoms with Gasteiger partial charge in [-0.1, -0.05) is 0 Å². The van der Waals surface area contributed by atoms with Crippen LogP contribution in [0.15, 0.2) is 0 Å². The Morgan fingerprint density at radius 2 is 1.33 bits per heavy atom. The molecule has 4 unspecified atom stereocenters. The van der Waals surface area contributed by atoms with E-state index >= 15 is 0 Å². The van der Waals surface area contributed by atoms with Gasteiger partial charge in [-0.3, -0.25) is 0 Å². The zero-order chi connectivity index (χ0) is 18.0. The molecule has 11 nitrogen and oxygen atoms in total. The minimum Gasteiger partial charge on any atom is -0.394 e. The van der Waals surface area contributed by atoms with Crippen LogP contribution < -0.4 is 0 Å². The van der Waals surface area contributed by atoms with Gasteiger partial charge in [0.2, 0.25) is 0 Å². The normalized spacial score (nSPS) is 45.5. The molecule has 2 saturated heterocycles. The first-order chi connectivity index (χ1) is 11.3. The van der Waals surface area contributed by atoms with Gasteiger partial charge in [0, 0.05) is 7.11 Å². The van der Waals surface area contributed by atoms with Gasteiger partial charge in [-0.05, 0) is 0 Å². The molecule has 0 amide bonds. The fourth-order valence-electron chi connectivity index (χ4n) is 2.70. The molecule has 11 heteroatoms. The molecule has 0 aromatic rings. The van der Waals surface area contributed by atoms with Crippen LogP contribution in [0.3, 0.4) is 0 Å². The number of ether oxygens (including phenoxy) is 4. The molecule has 7 N–H and O–H groups in total. The van der Waals surface area contributed by atoms with Crippen molar-refractivity contribution in [2.45, 2.75) is 61.4 Å². The summed E-state index contributed by atoms with van der Waals surface area (Å²) in [7, 11) is 1.27. The van der Waals surface area contributed by atoms with E-state index in [1.807, 2.05) is 0 Å². The Morgan fingerprint density at radius 3 is 1.83 bits per heavy atom. The summed E-state index contributed by atoms with van der Waals surface area (Å²) in [6, 6.07) is 0. The molecule has 10 atom stereocenters. The molecule has 2 rings (SSSR count). The topological polar surface area (TPSA) is 179 Å². The molecule has 0 spiro atoms. The molecule has 2 aliphatic heterocycles. The maximum absolute atomic E-state index is 10.0. The number of hydrogen-bond acceptors (Lipinski definition) is 11. The molecule has 142 valence electrons. The van der Waals surface area contributed by atoms with E-state index in [0.29, 0.717) is 0 Å². The van der Waals surface area contributed by atoms with Gasteiger partial charge in [0.1, 0.15) is 48.8 Å². The van der Waals surface area contributed by atoms with Crippen LogP contribution in [0.1, 0.15) is 0 Å². The van der Waals surface area contributed by atoms with Crippen LogP contribution in [0, 0.1) is 0 Å². The van der Waals surface area contributed by atoms with E-state index in [0.717, 1.165) is 0 Å². The Labute approximate surface area is 137 Å². The van der Waals surface area contributed by atoms with Crippen molar-refractivity contribution in [3.8, 4) is 0 Å². The van der Waals surface area contributed by atoms with Crippen LogP contribution >= 0.6 is 0 Å². The highest BCUT2D eigenvalue weighted by atomic mass is 16.7. The van der Waals surface area contributed by atoms with Crippen molar-refractivity contribution in [1.82, 2.24) is 0 Å². The van der Waals surface area contributed by atoms with Crippen LogP contribution in [-0.2, 0) is 18.9 Å². The second kappa shape index (κ2) is 8.29. The monoisotopic (exact) mass is 356 g/mol. The predicted molar refractivity (Wildman–Crippen MR) is 73.4 cm³/mol. The minimum atomic E-state index is -1.50. The molecule has 0 aromatic heterocycles. The molecule has 0 aliphatic carbocycles. The third kappa shape index (κ3) is 3.86. The maximum Gasteiger partial charge on any atom is 0.186 e. The predicted octanol–water partition coefficient (Wildman–Crippen LogP) is -4.74. The molecule has 0 saturated carbocycles. The van der Waals surface area contributed by atoms with Crippen molar-refractivity contribution >= 4 is 0 Å². The van der Waals surface area contributed by atoms with Crippen LogP contribution in [0.4, 0.5) is 0 Å². The highest BCUT2D eigenvalue weighted by molar-refractivity contribution is 4.92. The Balaban J connectivity index is 1.87. The Bertz CT molecular complexity index is 396. The SMILES string of the molecule is CO[C@@H]1O[C@@H]([C@H](O)CO[C@@H]2O[C@@H]([C@H](O)CO)C(O)C2O)C(O)C1O. The Morgan fingerprint density at radius 1 is 0.833 bits per heavy atom. The van der Waals surface area contributed by atoms with Crippen molar-refractivity contribution in [3.63, 3.8) is 0 Å². The molecular formula is C13H24O11. The lowest BCUT2D eigenvalue weighted by molar-refractivity contribution is -0.208. The second-order valence-corrected chi connectivity index (χ2v) is 5.79. The van der Waals surface area contributed by atoms with E-state index in [1.165, 1.54) is 7.11 Å². The van der Waals surface area contributed by atoms with E-state index in [1.54, 1.807) is 0 Å². The largest absolute Gasteiger partial charge is 0.394 e. The lowest BCUT2D eigenvalue weighted by atomic mass is 10.1. The average Bonchev–Trinajstić information content (AvgIpc) is 3.03. The van der Waals surface area contributed by atoms with Crippen LogP contribution in [0.25, 0.3) is 0 Å². The zero-order valence-corrected chi connectivity index (χ0v) is 13.0. The molecule has 0 aromatic carbocycles. The summed E-state index contributed by atoms with van der Waals surface area (Å²) in [5.74, 6) is 0. The van der Waals surface area contributed by atoms with Crippen LogP contribution in [-0.4, -0.2) is 117 Å². The number of hydrogen-bond donors (Lipinski definition) is 7. The van der Waals surface area contributed by atoms with E-state index in [9.17, 15) is 30.6 Å². The number of aliphatic hydroxyl groups excluding tert-OH is 7. The maximum atomic E-state index is 10.0. The molecular weight excluding hydrogens is 332 g/mol. The molecule has 24 heavy (non-hydrogen) atoms. The van der Waals surface area contributed by atoms with Crippen LogP contribution in [0.5, 0.6) is 0 Å². The van der Waals surface area contributed by atoms with Crippen LogP contribution in [0.2, 0.25) is 0 Å². The Hall–Kier alpha value is -0.440. The summed E-state index contributed by atoms with van der Waals surface area (Å²) >= 11 is 0. The molecule has 2 heterocycles. The summed E-state index contributed by atoms with van der Waals surface area (Å²) in [4.78, 5) is 0. The van der Waals surface area contributed by atoms with Gasteiger partial charge in [-0.25, -0.2) is 0 Å². The first-order valence-electron chi connectivity index (χ1n) is 7.46. The third-order valence-corrected chi connectivity index (χ3v) is 4.12. The highest BCUT2D eigenvalue weighted by Gasteiger charge is 2.49. The van der Waals surface area contributed by atoms with Gasteiger partial charge in [0.25, 0.3) is 0 Å². The standard InChI is InChI=1S/C13H24O11/c1-21-12-8(19)6(17)11(23-12)5(16)3-22-13-9(20)7(18)10(24-13)4(15)2-14/h4-20H,2-3H2,1H3/t4-,5-,6?,7?,8?,9?,10+,11+,12-,13-/m1/s1. The van der Waals surface area contributed by atoms with E-state index < -0.39 is 74.6 Å². The molecule has 0 bridgehead atoms. The summed E-state index contributed by atoms with van der Waals surface area (Å²) in [6.45, 7) is -1.14. The fraction of sp³-hybridized carbons (Fsp3) is 1.00. The molecule has 0 radical (unpaired) electrons. The lowest BCUT2D eigenvalue weighted by Gasteiger charge is -2.23. The zero-order valence-electron chi connectivity index (χ0n) is 13.0. The number of methoxy groups -OCH3 is 1. The van der Waals surface area contributed by atoms with Gasteiger partial charge < -0.3 is 54.7 Å². The molecule has 2 fully saturated rings. The van der Waals surface area contributed by atoms with Gasteiger partial charge >= 0.3 is 0 Å². The highest BCUT2D eigenvalue weighted by Crippen LogP contribution is 2.27. The van der Waals surface area contributed by atoms with E-state index in [4.69, 9.17) is 24.1 Å². The van der Waals surface area contributed by atoms with E-state index in [-0.39, 0.29) is 0 Å². The molecule has 2 aliphatic rings. The fourth-order valence-corrected chi connectivity index (χ4v) is 2.70. The Kier molecular flexibility index (Phi) is 6.87. The van der Waals surface area contributed by atoms with Crippen molar-refractivity contribution in [3.05, 3.63) is 0 Å². The average molecular weight is 356 g/mol. The van der Waals surface area contributed by atoms with E-state index in [2.05, 4.69) is 0 Å². The number of rotatable bonds is 7. The smallest absolute Gasteiger partial charge is 0.186 e. The summed E-state index contributed by atoms with van der Waals surface area (Å²) < 4.78 is 20.2. The van der Waals surface area contributed by atoms with Crippen molar-refractivity contribution in [2.24, 2.45) is 0 Å². The summed E-state index contributed by atoms with van der Waals surface area (Å²) in [5, 5.41) is 67.4. The summed E-state index contributed by atoms with van der Waals surface area (Å²) in [6.07, 6.45) is -13.4. The second-order valence-electron chi connectivity index (χ2n) is 5.79. The summed E-state index contributed by atoms with van der Waals surface area (Å²) in [5.41, 5.74) is 0. The number of aliphatic hydroxyl groups is 7. The minimum absolute atomic E-state index is 0.457. The van der Waals surface area contributed by atoms with Gasteiger partial charge in [0.05, 0.1) is 13.2 Å². The first-order valence-corrected chi connectivity index (χ1v) is 7.46. The van der Waals surface area contributed by atoms with Gasteiger partial charge in [-0.2, -0.15) is 0 Å². The lowest BCUT2D eigenvalue weighted by Crippen LogP contribution is -2.43. The first kappa shape index (κ1) is 19.9.